The lowest BCUT2D eigenvalue weighted by atomic mass is 10.2. The number of aromatic nitrogens is 3. The zero-order valence-corrected chi connectivity index (χ0v) is 11.1. The number of hydrogen-bond acceptors (Lipinski definition) is 5. The molecule has 0 N–H and O–H groups in total. The number of ether oxygens (including phenoxy) is 1. The lowest BCUT2D eigenvalue weighted by Crippen LogP contribution is -2.28. The van der Waals surface area contributed by atoms with E-state index in [0.29, 0.717) is 18.0 Å². The fraction of sp³-hybridized carbons (Fsp3) is 0.727. The monoisotopic (exact) mass is 256 g/mol. The summed E-state index contributed by atoms with van der Waals surface area (Å²) in [7, 11) is 0. The summed E-state index contributed by atoms with van der Waals surface area (Å²) in [4.78, 5) is 14.6. The van der Waals surface area contributed by atoms with Crippen LogP contribution in [0.4, 0.5) is 5.95 Å². The fourth-order valence-electron chi connectivity index (χ4n) is 1.94. The van der Waals surface area contributed by atoms with Gasteiger partial charge in [0.05, 0.1) is 6.10 Å². The number of anilines is 1. The van der Waals surface area contributed by atoms with Crippen molar-refractivity contribution in [3.63, 3.8) is 0 Å². The highest BCUT2D eigenvalue weighted by Gasteiger charge is 2.24. The number of hydrogen-bond donors (Lipinski definition) is 0. The highest BCUT2D eigenvalue weighted by molar-refractivity contribution is 6.28. The second-order valence-corrected chi connectivity index (χ2v) is 4.88. The molecule has 5 nitrogen and oxygen atoms in total. The van der Waals surface area contributed by atoms with Gasteiger partial charge < -0.3 is 9.64 Å². The van der Waals surface area contributed by atoms with Crippen molar-refractivity contribution in [2.24, 2.45) is 0 Å². The maximum Gasteiger partial charge on any atom is 0.322 e. The van der Waals surface area contributed by atoms with Gasteiger partial charge in [-0.2, -0.15) is 15.0 Å². The minimum absolute atomic E-state index is 0.0253. The topological polar surface area (TPSA) is 51.1 Å². The van der Waals surface area contributed by atoms with Crippen molar-refractivity contribution in [1.29, 1.82) is 0 Å². The molecule has 2 rings (SSSR count). The highest BCUT2D eigenvalue weighted by atomic mass is 35.5. The van der Waals surface area contributed by atoms with Crippen molar-refractivity contribution in [2.75, 3.05) is 11.4 Å². The van der Waals surface area contributed by atoms with E-state index in [0.717, 1.165) is 19.4 Å². The van der Waals surface area contributed by atoms with Gasteiger partial charge in [-0.05, 0) is 45.2 Å². The normalized spacial score (nSPS) is 20.1. The Morgan fingerprint density at radius 3 is 2.71 bits per heavy atom. The summed E-state index contributed by atoms with van der Waals surface area (Å²) >= 11 is 5.89. The molecule has 0 spiro atoms. The van der Waals surface area contributed by atoms with E-state index in [1.165, 1.54) is 0 Å². The van der Waals surface area contributed by atoms with E-state index < -0.39 is 0 Å². The second-order valence-electron chi connectivity index (χ2n) is 4.54. The summed E-state index contributed by atoms with van der Waals surface area (Å²) in [6.07, 6.45) is 2.34. The summed E-state index contributed by atoms with van der Waals surface area (Å²) < 4.78 is 5.46. The van der Waals surface area contributed by atoms with E-state index in [9.17, 15) is 0 Å². The Kier molecular flexibility index (Phi) is 3.66. The quantitative estimate of drug-likeness (QED) is 0.831. The molecule has 0 aromatic carbocycles. The maximum absolute atomic E-state index is 5.89. The van der Waals surface area contributed by atoms with Gasteiger partial charge in [-0.1, -0.05) is 0 Å². The molecule has 1 unspecified atom stereocenters. The van der Waals surface area contributed by atoms with Crippen molar-refractivity contribution < 1.29 is 4.74 Å². The molecule has 0 radical (unpaired) electrons. The molecule has 1 aromatic rings. The van der Waals surface area contributed by atoms with Crippen LogP contribution in [0.1, 0.15) is 33.6 Å². The molecular weight excluding hydrogens is 240 g/mol. The average Bonchev–Trinajstić information content (AvgIpc) is 2.62. The molecule has 0 amide bonds. The Morgan fingerprint density at radius 1 is 1.35 bits per heavy atom. The van der Waals surface area contributed by atoms with Crippen molar-refractivity contribution >= 4 is 17.5 Å². The minimum atomic E-state index is 0.0253. The summed E-state index contributed by atoms with van der Waals surface area (Å²) in [5.74, 6) is 0.616. The average molecular weight is 257 g/mol. The van der Waals surface area contributed by atoms with E-state index in [-0.39, 0.29) is 11.4 Å². The molecule has 1 aromatic heterocycles. The van der Waals surface area contributed by atoms with E-state index >= 15 is 0 Å². The van der Waals surface area contributed by atoms with Gasteiger partial charge in [0.15, 0.2) is 0 Å². The Labute approximate surface area is 106 Å². The maximum atomic E-state index is 5.89. The fourth-order valence-corrected chi connectivity index (χ4v) is 2.09. The Hall–Kier alpha value is -1.10. The molecule has 94 valence electrons. The largest absolute Gasteiger partial charge is 0.461 e. The molecule has 0 saturated carbocycles. The predicted molar refractivity (Wildman–Crippen MR) is 66.6 cm³/mol. The summed E-state index contributed by atoms with van der Waals surface area (Å²) in [6.45, 7) is 6.97. The van der Waals surface area contributed by atoms with Crippen LogP contribution in [-0.4, -0.2) is 33.6 Å². The van der Waals surface area contributed by atoms with Crippen LogP contribution in [0.5, 0.6) is 6.01 Å². The van der Waals surface area contributed by atoms with Crippen molar-refractivity contribution in [3.05, 3.63) is 5.28 Å². The van der Waals surface area contributed by atoms with E-state index in [1.807, 2.05) is 13.8 Å². The van der Waals surface area contributed by atoms with Crippen LogP contribution in [0, 0.1) is 0 Å². The summed E-state index contributed by atoms with van der Waals surface area (Å²) in [5, 5.41) is 0.185. The Balaban J connectivity index is 2.24. The first-order chi connectivity index (χ1) is 8.06. The molecule has 2 heterocycles. The second kappa shape index (κ2) is 5.04. The molecule has 1 aliphatic heterocycles. The predicted octanol–water partition coefficient (Wildman–Crippen LogP) is 2.30. The standard InChI is InChI=1S/C11H17ClN4O/c1-7(2)17-11-14-9(12)13-10(15-11)16-6-4-5-8(16)3/h7-8H,4-6H2,1-3H3. The van der Waals surface area contributed by atoms with Gasteiger partial charge in [-0.15, -0.1) is 0 Å². The molecule has 1 aliphatic rings. The van der Waals surface area contributed by atoms with Crippen molar-refractivity contribution in [1.82, 2.24) is 15.0 Å². The first kappa shape index (κ1) is 12.4. The molecule has 0 bridgehead atoms. The first-order valence-electron chi connectivity index (χ1n) is 5.91. The van der Waals surface area contributed by atoms with Crippen LogP contribution in [0.25, 0.3) is 0 Å². The van der Waals surface area contributed by atoms with Gasteiger partial charge >= 0.3 is 6.01 Å². The molecule has 1 saturated heterocycles. The van der Waals surface area contributed by atoms with Crippen LogP contribution in [0.15, 0.2) is 0 Å². The zero-order valence-electron chi connectivity index (χ0n) is 10.4. The third kappa shape index (κ3) is 2.97. The zero-order chi connectivity index (χ0) is 12.4. The third-order valence-electron chi connectivity index (χ3n) is 2.73. The van der Waals surface area contributed by atoms with Gasteiger partial charge in [0.2, 0.25) is 11.2 Å². The van der Waals surface area contributed by atoms with Crippen LogP contribution in [0.2, 0.25) is 5.28 Å². The third-order valence-corrected chi connectivity index (χ3v) is 2.90. The lowest BCUT2D eigenvalue weighted by molar-refractivity contribution is 0.221. The Bertz CT molecular complexity index is 399. The molecular formula is C11H17ClN4O. The van der Waals surface area contributed by atoms with Crippen LogP contribution >= 0.6 is 11.6 Å². The van der Waals surface area contributed by atoms with Gasteiger partial charge in [0.1, 0.15) is 0 Å². The SMILES string of the molecule is CC(C)Oc1nc(Cl)nc(N2CCCC2C)n1. The number of halogens is 1. The molecule has 1 atom stereocenters. The molecule has 1 fully saturated rings. The van der Waals surface area contributed by atoms with Crippen LogP contribution < -0.4 is 9.64 Å². The highest BCUT2D eigenvalue weighted by Crippen LogP contribution is 2.24. The first-order valence-corrected chi connectivity index (χ1v) is 6.29. The Morgan fingerprint density at radius 2 is 2.12 bits per heavy atom. The summed E-state index contributed by atoms with van der Waals surface area (Å²) in [5.41, 5.74) is 0. The number of nitrogens with zero attached hydrogens (tertiary/aromatic N) is 4. The lowest BCUT2D eigenvalue weighted by Gasteiger charge is -2.21. The van der Waals surface area contributed by atoms with Gasteiger partial charge in [0.25, 0.3) is 0 Å². The minimum Gasteiger partial charge on any atom is -0.461 e. The summed E-state index contributed by atoms with van der Waals surface area (Å²) in [6, 6.07) is 0.745. The van der Waals surface area contributed by atoms with Crippen molar-refractivity contribution in [2.45, 2.75) is 45.8 Å². The number of rotatable bonds is 3. The van der Waals surface area contributed by atoms with Gasteiger partial charge in [-0.3, -0.25) is 0 Å². The van der Waals surface area contributed by atoms with E-state index in [4.69, 9.17) is 16.3 Å². The van der Waals surface area contributed by atoms with Crippen LogP contribution in [-0.2, 0) is 0 Å². The smallest absolute Gasteiger partial charge is 0.322 e. The van der Waals surface area contributed by atoms with Crippen LogP contribution in [0.3, 0.4) is 0 Å². The van der Waals surface area contributed by atoms with Gasteiger partial charge in [-0.25, -0.2) is 0 Å². The van der Waals surface area contributed by atoms with Crippen molar-refractivity contribution in [3.8, 4) is 6.01 Å². The molecule has 6 heteroatoms. The molecule has 0 aliphatic carbocycles. The van der Waals surface area contributed by atoms with Gasteiger partial charge in [0, 0.05) is 12.6 Å². The van der Waals surface area contributed by atoms with E-state index in [2.05, 4.69) is 26.8 Å². The molecule has 17 heavy (non-hydrogen) atoms. The van der Waals surface area contributed by atoms with E-state index in [1.54, 1.807) is 0 Å².